The molecular formula is C21H28N2O3S. The zero-order chi connectivity index (χ0) is 19.2. The standard InChI is InChI=1S/C21H28N2O3S/c1-15(2)27-18-7-5-17(6-8-18)21(24)22-14-19(20-9-4-16(3)26-20)23-10-12-25-13-11-23/h4-9,15,19H,10-14H2,1-3H3,(H,22,24). The number of hydrogen-bond donors (Lipinski definition) is 1. The zero-order valence-corrected chi connectivity index (χ0v) is 17.1. The van der Waals surface area contributed by atoms with Crippen molar-refractivity contribution in [1.29, 1.82) is 0 Å². The van der Waals surface area contributed by atoms with Crippen molar-refractivity contribution in [2.24, 2.45) is 0 Å². The lowest BCUT2D eigenvalue weighted by atomic mass is 10.1. The highest BCUT2D eigenvalue weighted by atomic mass is 32.2. The number of nitrogens with zero attached hydrogens (tertiary/aromatic N) is 1. The Kier molecular flexibility index (Phi) is 6.99. The van der Waals surface area contributed by atoms with Gasteiger partial charge in [0.15, 0.2) is 0 Å². The molecule has 1 unspecified atom stereocenters. The first-order valence-electron chi connectivity index (χ1n) is 9.46. The number of morpholine rings is 1. The molecule has 0 bridgehead atoms. The molecule has 2 heterocycles. The largest absolute Gasteiger partial charge is 0.465 e. The minimum atomic E-state index is -0.0577. The SMILES string of the molecule is Cc1ccc(C(CNC(=O)c2ccc(SC(C)C)cc2)N2CCOCC2)o1. The van der Waals surface area contributed by atoms with E-state index >= 15 is 0 Å². The van der Waals surface area contributed by atoms with E-state index < -0.39 is 0 Å². The quantitative estimate of drug-likeness (QED) is 0.729. The van der Waals surface area contributed by atoms with E-state index in [1.54, 1.807) is 11.8 Å². The smallest absolute Gasteiger partial charge is 0.251 e. The number of ether oxygens (including phenoxy) is 1. The van der Waals surface area contributed by atoms with Gasteiger partial charge in [-0.05, 0) is 43.3 Å². The maximum Gasteiger partial charge on any atom is 0.251 e. The summed E-state index contributed by atoms with van der Waals surface area (Å²) in [6, 6.07) is 11.8. The van der Waals surface area contributed by atoms with Crippen LogP contribution in [-0.4, -0.2) is 48.9 Å². The van der Waals surface area contributed by atoms with Gasteiger partial charge in [0, 0.05) is 35.3 Å². The molecule has 1 aliphatic rings. The van der Waals surface area contributed by atoms with E-state index in [1.165, 1.54) is 4.90 Å². The van der Waals surface area contributed by atoms with Crippen LogP contribution < -0.4 is 5.32 Å². The van der Waals surface area contributed by atoms with Crippen molar-refractivity contribution in [3.8, 4) is 0 Å². The first-order chi connectivity index (χ1) is 13.0. The summed E-state index contributed by atoms with van der Waals surface area (Å²) in [6.07, 6.45) is 0. The molecule has 1 fully saturated rings. The van der Waals surface area contributed by atoms with E-state index in [0.717, 1.165) is 24.6 Å². The molecule has 5 nitrogen and oxygen atoms in total. The molecule has 0 radical (unpaired) electrons. The van der Waals surface area contributed by atoms with Gasteiger partial charge in [-0.1, -0.05) is 13.8 Å². The van der Waals surface area contributed by atoms with Crippen LogP contribution in [0.5, 0.6) is 0 Å². The highest BCUT2D eigenvalue weighted by Gasteiger charge is 2.25. The van der Waals surface area contributed by atoms with Gasteiger partial charge in [0.25, 0.3) is 5.91 Å². The fraction of sp³-hybridized carbons (Fsp3) is 0.476. The first kappa shape index (κ1) is 20.0. The molecule has 0 aliphatic carbocycles. The Labute approximate surface area is 165 Å². The fourth-order valence-electron chi connectivity index (χ4n) is 3.18. The van der Waals surface area contributed by atoms with E-state index in [0.29, 0.717) is 30.6 Å². The van der Waals surface area contributed by atoms with E-state index in [1.807, 2.05) is 43.3 Å². The molecule has 0 saturated carbocycles. The third-order valence-corrected chi connectivity index (χ3v) is 5.54. The Morgan fingerprint density at radius 2 is 1.85 bits per heavy atom. The first-order valence-corrected chi connectivity index (χ1v) is 10.3. The van der Waals surface area contributed by atoms with E-state index in [9.17, 15) is 4.79 Å². The molecule has 0 spiro atoms. The number of nitrogens with one attached hydrogen (secondary N) is 1. The number of hydrogen-bond acceptors (Lipinski definition) is 5. The van der Waals surface area contributed by atoms with Gasteiger partial charge in [0.1, 0.15) is 11.5 Å². The van der Waals surface area contributed by atoms with Gasteiger partial charge < -0.3 is 14.5 Å². The van der Waals surface area contributed by atoms with Crippen LogP contribution in [0.1, 0.15) is 41.8 Å². The summed E-state index contributed by atoms with van der Waals surface area (Å²) in [7, 11) is 0. The minimum absolute atomic E-state index is 0.0160. The summed E-state index contributed by atoms with van der Waals surface area (Å²) >= 11 is 1.79. The molecular weight excluding hydrogens is 360 g/mol. The Balaban J connectivity index is 1.64. The summed E-state index contributed by atoms with van der Waals surface area (Å²) in [6.45, 7) is 9.85. The molecule has 1 aromatic carbocycles. The lowest BCUT2D eigenvalue weighted by Crippen LogP contribution is -2.43. The predicted molar refractivity (Wildman–Crippen MR) is 108 cm³/mol. The van der Waals surface area contributed by atoms with E-state index in [2.05, 4.69) is 24.1 Å². The van der Waals surface area contributed by atoms with Crippen LogP contribution in [0.2, 0.25) is 0 Å². The van der Waals surface area contributed by atoms with Crippen molar-refractivity contribution in [1.82, 2.24) is 10.2 Å². The van der Waals surface area contributed by atoms with Gasteiger partial charge >= 0.3 is 0 Å². The normalized spacial score (nSPS) is 16.4. The Bertz CT molecular complexity index is 736. The summed E-state index contributed by atoms with van der Waals surface area (Å²) in [5.41, 5.74) is 0.680. The Hall–Kier alpha value is -1.76. The number of benzene rings is 1. The second-order valence-electron chi connectivity index (χ2n) is 7.01. The van der Waals surface area contributed by atoms with Gasteiger partial charge in [-0.2, -0.15) is 0 Å². The number of thioether (sulfide) groups is 1. The molecule has 1 amide bonds. The van der Waals surface area contributed by atoms with Crippen LogP contribution in [0.3, 0.4) is 0 Å². The minimum Gasteiger partial charge on any atom is -0.465 e. The van der Waals surface area contributed by atoms with Gasteiger partial charge in [-0.15, -0.1) is 11.8 Å². The number of furan rings is 1. The number of carbonyl (C=O) groups excluding carboxylic acids is 1. The van der Waals surface area contributed by atoms with E-state index in [4.69, 9.17) is 9.15 Å². The number of rotatable bonds is 7. The van der Waals surface area contributed by atoms with E-state index in [-0.39, 0.29) is 11.9 Å². The van der Waals surface area contributed by atoms with Gasteiger partial charge in [-0.3, -0.25) is 9.69 Å². The second kappa shape index (κ2) is 9.44. The average Bonchev–Trinajstić information content (AvgIpc) is 3.09. The van der Waals surface area contributed by atoms with Crippen molar-refractivity contribution in [2.75, 3.05) is 32.8 Å². The maximum absolute atomic E-state index is 12.6. The lowest BCUT2D eigenvalue weighted by molar-refractivity contribution is 0.0117. The molecule has 1 N–H and O–H groups in total. The van der Waals surface area contributed by atoms with Crippen molar-refractivity contribution < 1.29 is 13.9 Å². The molecule has 1 aromatic heterocycles. The third-order valence-electron chi connectivity index (χ3n) is 4.52. The Morgan fingerprint density at radius 3 is 2.44 bits per heavy atom. The number of carbonyl (C=O) groups is 1. The lowest BCUT2D eigenvalue weighted by Gasteiger charge is -2.33. The molecule has 146 valence electrons. The molecule has 6 heteroatoms. The van der Waals surface area contributed by atoms with Crippen LogP contribution in [0.4, 0.5) is 0 Å². The highest BCUT2D eigenvalue weighted by molar-refractivity contribution is 7.99. The maximum atomic E-state index is 12.6. The average molecular weight is 389 g/mol. The topological polar surface area (TPSA) is 54.7 Å². The molecule has 1 saturated heterocycles. The Morgan fingerprint density at radius 1 is 1.15 bits per heavy atom. The number of aryl methyl sites for hydroxylation is 1. The van der Waals surface area contributed by atoms with Crippen molar-refractivity contribution in [2.45, 2.75) is 37.0 Å². The fourth-order valence-corrected chi connectivity index (χ4v) is 4.02. The van der Waals surface area contributed by atoms with Crippen molar-refractivity contribution in [3.05, 3.63) is 53.5 Å². The van der Waals surface area contributed by atoms with Gasteiger partial charge in [-0.25, -0.2) is 0 Å². The zero-order valence-electron chi connectivity index (χ0n) is 16.2. The predicted octanol–water partition coefficient (Wildman–Crippen LogP) is 3.89. The second-order valence-corrected chi connectivity index (χ2v) is 8.66. The summed E-state index contributed by atoms with van der Waals surface area (Å²) in [5, 5.41) is 3.60. The van der Waals surface area contributed by atoms with Crippen molar-refractivity contribution in [3.63, 3.8) is 0 Å². The summed E-state index contributed by atoms with van der Waals surface area (Å²) in [5.74, 6) is 1.71. The molecule has 1 aliphatic heterocycles. The van der Waals surface area contributed by atoms with Crippen LogP contribution in [0.25, 0.3) is 0 Å². The van der Waals surface area contributed by atoms with Crippen molar-refractivity contribution >= 4 is 17.7 Å². The number of amides is 1. The van der Waals surface area contributed by atoms with Crippen LogP contribution in [0.15, 0.2) is 45.7 Å². The monoisotopic (exact) mass is 388 g/mol. The highest BCUT2D eigenvalue weighted by Crippen LogP contribution is 2.24. The van der Waals surface area contributed by atoms with Crippen LogP contribution in [-0.2, 0) is 4.74 Å². The molecule has 3 rings (SSSR count). The van der Waals surface area contributed by atoms with Crippen LogP contribution in [0, 0.1) is 6.92 Å². The molecule has 27 heavy (non-hydrogen) atoms. The third kappa shape index (κ3) is 5.61. The van der Waals surface area contributed by atoms with Gasteiger partial charge in [0.05, 0.1) is 19.3 Å². The van der Waals surface area contributed by atoms with Crippen LogP contribution >= 0.6 is 11.8 Å². The summed E-state index contributed by atoms with van der Waals surface area (Å²) < 4.78 is 11.3. The molecule has 2 aromatic rings. The molecule has 1 atom stereocenters. The van der Waals surface area contributed by atoms with Gasteiger partial charge in [0.2, 0.25) is 0 Å². The summed E-state index contributed by atoms with van der Waals surface area (Å²) in [4.78, 5) is 16.1.